The largest absolute Gasteiger partial charge is 0.0879 e. The van der Waals surface area contributed by atoms with Crippen molar-refractivity contribution in [2.24, 2.45) is 0 Å². The molecule has 0 atom stereocenters. The highest BCUT2D eigenvalue weighted by Gasteiger charge is 1.77. The molecule has 0 aliphatic heterocycles. The van der Waals surface area contributed by atoms with Crippen molar-refractivity contribution >= 4 is 0 Å². The van der Waals surface area contributed by atoms with Crippen LogP contribution in [0.25, 0.3) is 0 Å². The first kappa shape index (κ1) is 10.8. The Morgan fingerprint density at radius 1 is 0.429 bits per heavy atom. The Kier molecular flexibility index (Phi) is 6.39. The van der Waals surface area contributed by atoms with E-state index in [1.807, 2.05) is 0 Å². The second kappa shape index (κ2) is 8.31. The Balaban J connectivity index is 2.45. The summed E-state index contributed by atoms with van der Waals surface area (Å²) in [5.74, 6) is 0. The standard InChI is InChI=1S/C14H18/c1-2-4-6-8-10-12-14-13-11-9-7-5-3-1/h1-6,9,11-12,14H,7-8,10,13H2/b2-1?,5-3-,6-4?,11-9+,14-12+. The molecule has 0 heterocycles. The van der Waals surface area contributed by atoms with E-state index in [9.17, 15) is 0 Å². The Labute approximate surface area is 87.0 Å². The zero-order valence-corrected chi connectivity index (χ0v) is 8.60. The molecule has 0 unspecified atom stereocenters. The van der Waals surface area contributed by atoms with E-state index in [0.717, 1.165) is 25.7 Å². The summed E-state index contributed by atoms with van der Waals surface area (Å²) in [6.07, 6.45) is 26.0. The Morgan fingerprint density at radius 2 is 1.00 bits per heavy atom. The summed E-state index contributed by atoms with van der Waals surface area (Å²) in [5.41, 5.74) is 0. The lowest BCUT2D eigenvalue weighted by atomic mass is 10.2. The second-order valence-electron chi connectivity index (χ2n) is 3.23. The second-order valence-corrected chi connectivity index (χ2v) is 3.23. The van der Waals surface area contributed by atoms with Crippen molar-refractivity contribution < 1.29 is 0 Å². The lowest BCUT2D eigenvalue weighted by molar-refractivity contribution is 1.04. The maximum absolute atomic E-state index is 2.25. The van der Waals surface area contributed by atoms with E-state index in [1.165, 1.54) is 0 Å². The van der Waals surface area contributed by atoms with Crippen LogP contribution in [-0.2, 0) is 0 Å². The van der Waals surface area contributed by atoms with Gasteiger partial charge in [-0.05, 0) is 25.7 Å². The van der Waals surface area contributed by atoms with Crippen LogP contribution in [0.4, 0.5) is 0 Å². The van der Waals surface area contributed by atoms with Gasteiger partial charge in [-0.3, -0.25) is 0 Å². The zero-order valence-electron chi connectivity index (χ0n) is 8.60. The van der Waals surface area contributed by atoms with Crippen LogP contribution in [0.1, 0.15) is 25.7 Å². The molecule has 0 saturated carbocycles. The van der Waals surface area contributed by atoms with Gasteiger partial charge in [0.15, 0.2) is 0 Å². The monoisotopic (exact) mass is 186 g/mol. The fourth-order valence-corrected chi connectivity index (χ4v) is 1.22. The average Bonchev–Trinajstić information content (AvgIpc) is 2.22. The normalized spacial score (nSPS) is 25.1. The number of rotatable bonds is 0. The summed E-state index contributed by atoms with van der Waals surface area (Å²) in [7, 11) is 0. The van der Waals surface area contributed by atoms with Gasteiger partial charge < -0.3 is 0 Å². The quantitative estimate of drug-likeness (QED) is 0.494. The van der Waals surface area contributed by atoms with Gasteiger partial charge in [-0.1, -0.05) is 60.8 Å². The lowest BCUT2D eigenvalue weighted by Gasteiger charge is -1.87. The zero-order chi connectivity index (χ0) is 9.90. The smallest absolute Gasteiger partial charge is 0.0166 e. The molecule has 0 nitrogen and oxygen atoms in total. The highest BCUT2D eigenvalue weighted by molar-refractivity contribution is 5.12. The van der Waals surface area contributed by atoms with Gasteiger partial charge >= 0.3 is 0 Å². The maximum Gasteiger partial charge on any atom is -0.0166 e. The molecule has 0 N–H and O–H groups in total. The van der Waals surface area contributed by atoms with Crippen LogP contribution in [0.2, 0.25) is 0 Å². The number of allylic oxidation sites excluding steroid dienone is 10. The fraction of sp³-hybridized carbons (Fsp3) is 0.286. The van der Waals surface area contributed by atoms with Gasteiger partial charge in [0.2, 0.25) is 0 Å². The molecule has 0 saturated heterocycles. The van der Waals surface area contributed by atoms with Gasteiger partial charge in [0.25, 0.3) is 0 Å². The van der Waals surface area contributed by atoms with Crippen molar-refractivity contribution in [1.29, 1.82) is 0 Å². The van der Waals surface area contributed by atoms with Crippen molar-refractivity contribution in [2.45, 2.75) is 25.7 Å². The molecule has 1 aliphatic carbocycles. The van der Waals surface area contributed by atoms with E-state index >= 15 is 0 Å². The van der Waals surface area contributed by atoms with Gasteiger partial charge in [0.05, 0.1) is 0 Å². The molecule has 0 aromatic heterocycles. The van der Waals surface area contributed by atoms with Gasteiger partial charge in [-0.2, -0.15) is 0 Å². The van der Waals surface area contributed by atoms with Gasteiger partial charge in [0.1, 0.15) is 0 Å². The first-order valence-electron chi connectivity index (χ1n) is 5.28. The summed E-state index contributed by atoms with van der Waals surface area (Å²) >= 11 is 0. The summed E-state index contributed by atoms with van der Waals surface area (Å²) in [4.78, 5) is 0. The van der Waals surface area contributed by atoms with Crippen LogP contribution in [0.5, 0.6) is 0 Å². The van der Waals surface area contributed by atoms with Gasteiger partial charge in [0, 0.05) is 0 Å². The molecule has 0 heteroatoms. The Morgan fingerprint density at radius 3 is 1.86 bits per heavy atom. The van der Waals surface area contributed by atoms with E-state index in [1.54, 1.807) is 0 Å². The minimum Gasteiger partial charge on any atom is -0.0879 e. The average molecular weight is 186 g/mol. The van der Waals surface area contributed by atoms with Gasteiger partial charge in [-0.15, -0.1) is 0 Å². The summed E-state index contributed by atoms with van der Waals surface area (Å²) in [5, 5.41) is 0. The predicted molar refractivity (Wildman–Crippen MR) is 64.2 cm³/mol. The van der Waals surface area contributed by atoms with Gasteiger partial charge in [-0.25, -0.2) is 0 Å². The predicted octanol–water partition coefficient (Wildman–Crippen LogP) is 4.34. The van der Waals surface area contributed by atoms with Crippen molar-refractivity contribution in [1.82, 2.24) is 0 Å². The highest BCUT2D eigenvalue weighted by atomic mass is 13.8. The minimum atomic E-state index is 1.03. The van der Waals surface area contributed by atoms with E-state index in [0.29, 0.717) is 0 Å². The molecule has 0 bridgehead atoms. The minimum absolute atomic E-state index is 1.03. The molecule has 0 aromatic rings. The fourth-order valence-electron chi connectivity index (χ4n) is 1.22. The topological polar surface area (TPSA) is 0 Å². The molecule has 1 rings (SSSR count). The molecule has 14 heavy (non-hydrogen) atoms. The third-order valence-electron chi connectivity index (χ3n) is 1.98. The van der Waals surface area contributed by atoms with Crippen LogP contribution in [-0.4, -0.2) is 0 Å². The van der Waals surface area contributed by atoms with Crippen molar-refractivity contribution in [3.05, 3.63) is 60.8 Å². The summed E-state index contributed by atoms with van der Waals surface area (Å²) in [6.45, 7) is 0. The first-order chi connectivity index (χ1) is 7.00. The molecular weight excluding hydrogens is 168 g/mol. The molecule has 0 aromatic carbocycles. The lowest BCUT2D eigenvalue weighted by Crippen LogP contribution is -1.66. The van der Waals surface area contributed by atoms with Crippen LogP contribution < -0.4 is 0 Å². The third kappa shape index (κ3) is 6.24. The van der Waals surface area contributed by atoms with Crippen LogP contribution in [0.15, 0.2) is 60.8 Å². The van der Waals surface area contributed by atoms with E-state index in [2.05, 4.69) is 60.8 Å². The van der Waals surface area contributed by atoms with E-state index in [-0.39, 0.29) is 0 Å². The SMILES string of the molecule is C1=C/C=C\C/C=C/C/C=C/CCC=C1. The number of hydrogen-bond donors (Lipinski definition) is 0. The molecule has 0 fully saturated rings. The molecular formula is C14H18. The van der Waals surface area contributed by atoms with Crippen molar-refractivity contribution in [3.63, 3.8) is 0 Å². The maximum atomic E-state index is 2.25. The molecule has 74 valence electrons. The first-order valence-corrected chi connectivity index (χ1v) is 5.28. The Bertz CT molecular complexity index is 262. The van der Waals surface area contributed by atoms with Crippen molar-refractivity contribution in [3.8, 4) is 0 Å². The number of hydrogen-bond acceptors (Lipinski definition) is 0. The summed E-state index contributed by atoms with van der Waals surface area (Å²) in [6, 6.07) is 0. The Hall–Kier alpha value is -1.30. The van der Waals surface area contributed by atoms with Crippen molar-refractivity contribution in [2.75, 3.05) is 0 Å². The molecule has 1 aliphatic rings. The third-order valence-corrected chi connectivity index (χ3v) is 1.98. The van der Waals surface area contributed by atoms with Crippen LogP contribution in [0.3, 0.4) is 0 Å². The molecule has 0 spiro atoms. The van der Waals surface area contributed by atoms with E-state index in [4.69, 9.17) is 0 Å². The molecule has 0 radical (unpaired) electrons. The van der Waals surface area contributed by atoms with Crippen LogP contribution >= 0.6 is 0 Å². The van der Waals surface area contributed by atoms with E-state index < -0.39 is 0 Å². The van der Waals surface area contributed by atoms with Crippen LogP contribution in [0, 0.1) is 0 Å². The molecule has 0 amide bonds. The highest BCUT2D eigenvalue weighted by Crippen LogP contribution is 1.97. The summed E-state index contributed by atoms with van der Waals surface area (Å²) < 4.78 is 0.